The normalized spacial score (nSPS) is 14.8. The molecule has 0 unspecified atom stereocenters. The van der Waals surface area contributed by atoms with E-state index in [1.54, 1.807) is 23.4 Å². The van der Waals surface area contributed by atoms with Crippen molar-refractivity contribution in [2.24, 2.45) is 5.73 Å². The highest BCUT2D eigenvalue weighted by Gasteiger charge is 2.17. The molecule has 3 heterocycles. The lowest BCUT2D eigenvalue weighted by atomic mass is 10.0. The second-order valence-corrected chi connectivity index (χ2v) is 6.68. The molecule has 1 aromatic carbocycles. The summed E-state index contributed by atoms with van der Waals surface area (Å²) in [5.41, 5.74) is 8.71. The van der Waals surface area contributed by atoms with Gasteiger partial charge in [-0.3, -0.25) is 4.79 Å². The van der Waals surface area contributed by atoms with Crippen LogP contribution in [0.15, 0.2) is 48.8 Å². The van der Waals surface area contributed by atoms with E-state index in [1.807, 2.05) is 36.4 Å². The molecule has 29 heavy (non-hydrogen) atoms. The molecule has 8 nitrogen and oxygen atoms in total. The fourth-order valence-corrected chi connectivity index (χ4v) is 3.25. The Morgan fingerprint density at radius 1 is 1.21 bits per heavy atom. The van der Waals surface area contributed by atoms with Crippen molar-refractivity contribution in [1.82, 2.24) is 14.9 Å². The topological polar surface area (TPSA) is 113 Å². The molecule has 0 aliphatic carbocycles. The summed E-state index contributed by atoms with van der Waals surface area (Å²) in [7, 11) is 0. The van der Waals surface area contributed by atoms with E-state index in [9.17, 15) is 9.59 Å². The molecule has 0 atom stereocenters. The number of hydrogen-bond acceptors (Lipinski definition) is 4. The number of primary amides is 1. The second kappa shape index (κ2) is 8.15. The maximum Gasteiger partial charge on any atom is 0.322 e. The zero-order valence-corrected chi connectivity index (χ0v) is 15.7. The van der Waals surface area contributed by atoms with E-state index >= 15 is 0 Å². The highest BCUT2D eigenvalue weighted by atomic mass is 16.5. The lowest BCUT2D eigenvalue weighted by molar-refractivity contribution is -0.112. The van der Waals surface area contributed by atoms with Crippen molar-refractivity contribution in [3.8, 4) is 0 Å². The number of fused-ring (bicyclic) bond motifs is 1. The van der Waals surface area contributed by atoms with Gasteiger partial charge in [0.05, 0.1) is 25.1 Å². The molecular weight excluding hydrogens is 370 g/mol. The third-order valence-corrected chi connectivity index (χ3v) is 4.76. The van der Waals surface area contributed by atoms with Gasteiger partial charge in [-0.05, 0) is 17.7 Å². The molecule has 1 fully saturated rings. The molecule has 0 spiro atoms. The Balaban J connectivity index is 1.64. The molecule has 8 heteroatoms. The molecule has 1 aliphatic rings. The summed E-state index contributed by atoms with van der Waals surface area (Å²) in [6, 6.07) is 10.9. The Bertz CT molecular complexity index is 1070. The lowest BCUT2D eigenvalue weighted by Gasteiger charge is -2.26. The van der Waals surface area contributed by atoms with Crippen LogP contribution in [0, 0.1) is 0 Å². The van der Waals surface area contributed by atoms with E-state index in [4.69, 9.17) is 10.5 Å². The highest BCUT2D eigenvalue weighted by Crippen LogP contribution is 2.25. The average Bonchev–Trinajstić information content (AvgIpc) is 3.15. The molecular formula is C21H21N5O3. The van der Waals surface area contributed by atoms with E-state index in [0.29, 0.717) is 43.2 Å². The predicted octanol–water partition coefficient (Wildman–Crippen LogP) is 2.45. The molecule has 4 N–H and O–H groups in total. The maximum atomic E-state index is 12.4. The van der Waals surface area contributed by atoms with Gasteiger partial charge in [0.2, 0.25) is 5.91 Å². The van der Waals surface area contributed by atoms with Crippen LogP contribution >= 0.6 is 0 Å². The minimum absolute atomic E-state index is 0.191. The summed E-state index contributed by atoms with van der Waals surface area (Å²) in [5, 5.41) is 3.65. The Hall–Kier alpha value is -3.65. The summed E-state index contributed by atoms with van der Waals surface area (Å²) in [6.07, 6.45) is 5.08. The first-order chi connectivity index (χ1) is 14.1. The quantitative estimate of drug-likeness (QED) is 0.593. The van der Waals surface area contributed by atoms with Gasteiger partial charge in [0.15, 0.2) is 0 Å². The Kier molecular flexibility index (Phi) is 5.26. The monoisotopic (exact) mass is 391 g/mol. The number of pyridine rings is 1. The van der Waals surface area contributed by atoms with Gasteiger partial charge in [0.1, 0.15) is 5.65 Å². The molecule has 148 valence electrons. The van der Waals surface area contributed by atoms with Gasteiger partial charge in [0.25, 0.3) is 0 Å². The molecule has 3 amide bonds. The molecule has 0 saturated carbocycles. The van der Waals surface area contributed by atoms with E-state index in [-0.39, 0.29) is 6.03 Å². The molecule has 1 aliphatic heterocycles. The zero-order chi connectivity index (χ0) is 20.2. The minimum Gasteiger partial charge on any atom is -0.378 e. The van der Waals surface area contributed by atoms with Crippen molar-refractivity contribution in [3.63, 3.8) is 0 Å². The van der Waals surface area contributed by atoms with Gasteiger partial charge in [-0.1, -0.05) is 30.3 Å². The van der Waals surface area contributed by atoms with Crippen molar-refractivity contribution in [2.45, 2.75) is 0 Å². The smallest absolute Gasteiger partial charge is 0.322 e. The van der Waals surface area contributed by atoms with Crippen LogP contribution in [0.4, 0.5) is 10.5 Å². The fraction of sp³-hybridized carbons (Fsp3) is 0.190. The van der Waals surface area contributed by atoms with Gasteiger partial charge in [0, 0.05) is 35.8 Å². The van der Waals surface area contributed by atoms with Gasteiger partial charge < -0.3 is 25.7 Å². The SMILES string of the molecule is NC(=O)C(=Cc1c[nH]c2ncc(NC(=O)N3CCOCC3)cc12)c1ccccc1. The fourth-order valence-electron chi connectivity index (χ4n) is 3.25. The van der Waals surface area contributed by atoms with Crippen molar-refractivity contribution < 1.29 is 14.3 Å². The van der Waals surface area contributed by atoms with Crippen molar-refractivity contribution in [1.29, 1.82) is 0 Å². The molecule has 1 saturated heterocycles. The third kappa shape index (κ3) is 4.12. The van der Waals surface area contributed by atoms with E-state index in [0.717, 1.165) is 16.5 Å². The number of nitrogens with two attached hydrogens (primary N) is 1. The zero-order valence-electron chi connectivity index (χ0n) is 15.7. The highest BCUT2D eigenvalue weighted by molar-refractivity contribution is 6.24. The number of ether oxygens (including phenoxy) is 1. The number of amides is 3. The first kappa shape index (κ1) is 18.7. The number of H-pyrrole nitrogens is 1. The number of anilines is 1. The Morgan fingerprint density at radius 3 is 2.69 bits per heavy atom. The van der Waals surface area contributed by atoms with E-state index in [2.05, 4.69) is 15.3 Å². The van der Waals surface area contributed by atoms with Crippen molar-refractivity contribution >= 4 is 40.3 Å². The van der Waals surface area contributed by atoms with Crippen LogP contribution in [-0.4, -0.2) is 53.1 Å². The molecule has 0 radical (unpaired) electrons. The van der Waals surface area contributed by atoms with Crippen LogP contribution in [-0.2, 0) is 9.53 Å². The summed E-state index contributed by atoms with van der Waals surface area (Å²) < 4.78 is 5.27. The minimum atomic E-state index is -0.518. The van der Waals surface area contributed by atoms with Gasteiger partial charge >= 0.3 is 6.03 Å². The van der Waals surface area contributed by atoms with Crippen molar-refractivity contribution in [2.75, 3.05) is 31.6 Å². The van der Waals surface area contributed by atoms with Crippen LogP contribution in [0.2, 0.25) is 0 Å². The Labute approximate surface area is 167 Å². The number of nitrogens with zero attached hydrogens (tertiary/aromatic N) is 2. The number of carbonyl (C=O) groups is 2. The van der Waals surface area contributed by atoms with Crippen LogP contribution in [0.25, 0.3) is 22.7 Å². The van der Waals surface area contributed by atoms with Crippen LogP contribution in [0.3, 0.4) is 0 Å². The third-order valence-electron chi connectivity index (χ3n) is 4.76. The van der Waals surface area contributed by atoms with Crippen LogP contribution in [0.1, 0.15) is 11.1 Å². The number of carbonyl (C=O) groups excluding carboxylic acids is 2. The summed E-state index contributed by atoms with van der Waals surface area (Å²) in [6.45, 7) is 2.18. The van der Waals surface area contributed by atoms with E-state index < -0.39 is 5.91 Å². The van der Waals surface area contributed by atoms with Crippen LogP contribution < -0.4 is 11.1 Å². The maximum absolute atomic E-state index is 12.4. The molecule has 4 rings (SSSR count). The largest absolute Gasteiger partial charge is 0.378 e. The number of urea groups is 1. The second-order valence-electron chi connectivity index (χ2n) is 6.68. The summed E-state index contributed by atoms with van der Waals surface area (Å²) in [5.74, 6) is -0.518. The molecule has 0 bridgehead atoms. The Morgan fingerprint density at radius 2 is 1.97 bits per heavy atom. The number of morpholine rings is 1. The number of aromatic nitrogens is 2. The molecule has 3 aromatic rings. The van der Waals surface area contributed by atoms with Crippen molar-refractivity contribution in [3.05, 3.63) is 59.9 Å². The average molecular weight is 391 g/mol. The number of nitrogens with one attached hydrogen (secondary N) is 2. The number of benzene rings is 1. The number of rotatable bonds is 4. The number of aromatic amines is 1. The number of hydrogen-bond donors (Lipinski definition) is 3. The molecule has 2 aromatic heterocycles. The summed E-state index contributed by atoms with van der Waals surface area (Å²) in [4.78, 5) is 33.6. The van der Waals surface area contributed by atoms with Gasteiger partial charge in [-0.15, -0.1) is 0 Å². The van der Waals surface area contributed by atoms with Crippen LogP contribution in [0.5, 0.6) is 0 Å². The standard InChI is InChI=1S/C21H21N5O3/c22-19(27)17(14-4-2-1-3-5-14)10-15-12-23-20-18(15)11-16(13-24-20)25-21(28)26-6-8-29-9-7-26/h1-5,10-13H,6-9H2,(H2,22,27)(H,23,24)(H,25,28). The first-order valence-electron chi connectivity index (χ1n) is 9.29. The lowest BCUT2D eigenvalue weighted by Crippen LogP contribution is -2.43. The summed E-state index contributed by atoms with van der Waals surface area (Å²) >= 11 is 0. The van der Waals surface area contributed by atoms with Gasteiger partial charge in [-0.2, -0.15) is 0 Å². The predicted molar refractivity (Wildman–Crippen MR) is 111 cm³/mol. The first-order valence-corrected chi connectivity index (χ1v) is 9.29. The van der Waals surface area contributed by atoms with Gasteiger partial charge in [-0.25, -0.2) is 9.78 Å². The van der Waals surface area contributed by atoms with E-state index in [1.165, 1.54) is 0 Å².